The number of amides is 1. The van der Waals surface area contributed by atoms with E-state index in [4.69, 9.17) is 16.3 Å². The summed E-state index contributed by atoms with van der Waals surface area (Å²) in [7, 11) is 0. The highest BCUT2D eigenvalue weighted by molar-refractivity contribution is 8.18. The lowest BCUT2D eigenvalue weighted by Crippen LogP contribution is -2.19. The number of nitrogens with zero attached hydrogens (tertiary/aromatic N) is 2. The zero-order chi connectivity index (χ0) is 25.1. The normalized spacial score (nSPS) is 15.4. The van der Waals surface area contributed by atoms with Crippen molar-refractivity contribution in [2.24, 2.45) is 4.99 Å². The van der Waals surface area contributed by atoms with Gasteiger partial charge in [0.2, 0.25) is 0 Å². The third kappa shape index (κ3) is 5.25. The van der Waals surface area contributed by atoms with Crippen LogP contribution in [0.5, 0.6) is 5.75 Å². The molecule has 5 rings (SSSR count). The molecular weight excluding hydrogens is 498 g/mol. The monoisotopic (exact) mass is 515 g/mol. The lowest BCUT2D eigenvalue weighted by Gasteiger charge is -2.13. The first kappa shape index (κ1) is 23.6. The summed E-state index contributed by atoms with van der Waals surface area (Å²) < 4.78 is 6.15. The molecule has 0 bridgehead atoms. The number of nitro benzene ring substituents is 1. The summed E-state index contributed by atoms with van der Waals surface area (Å²) in [5.74, 6) is 0.328. The zero-order valence-electron chi connectivity index (χ0n) is 18.7. The van der Waals surface area contributed by atoms with Gasteiger partial charge in [-0.15, -0.1) is 0 Å². The lowest BCUT2D eigenvalue weighted by molar-refractivity contribution is -0.384. The number of rotatable bonds is 6. The molecule has 0 atom stereocenters. The molecule has 1 N–H and O–H groups in total. The van der Waals surface area contributed by atoms with Gasteiger partial charge < -0.3 is 10.1 Å². The van der Waals surface area contributed by atoms with Gasteiger partial charge in [-0.05, 0) is 58.4 Å². The Morgan fingerprint density at radius 1 is 1.03 bits per heavy atom. The highest BCUT2D eigenvalue weighted by Crippen LogP contribution is 2.35. The van der Waals surface area contributed by atoms with Gasteiger partial charge in [0.25, 0.3) is 11.6 Å². The molecule has 1 aliphatic rings. The first-order valence-electron chi connectivity index (χ1n) is 10.9. The van der Waals surface area contributed by atoms with Crippen LogP contribution < -0.4 is 10.1 Å². The van der Waals surface area contributed by atoms with E-state index in [2.05, 4.69) is 10.3 Å². The third-order valence-electron chi connectivity index (χ3n) is 5.44. The molecular formula is C27H18ClN3O4S. The summed E-state index contributed by atoms with van der Waals surface area (Å²) in [5.41, 5.74) is 2.05. The molecule has 1 saturated heterocycles. The van der Waals surface area contributed by atoms with Gasteiger partial charge in [-0.2, -0.15) is 0 Å². The number of aliphatic imine (C=N–C) groups is 1. The molecule has 4 aromatic carbocycles. The van der Waals surface area contributed by atoms with Crippen LogP contribution in [0.4, 0.5) is 11.4 Å². The van der Waals surface area contributed by atoms with E-state index < -0.39 is 4.92 Å². The summed E-state index contributed by atoms with van der Waals surface area (Å²) in [6.07, 6.45) is 1.79. The minimum absolute atomic E-state index is 0.0693. The Hall–Kier alpha value is -4.14. The van der Waals surface area contributed by atoms with Crippen molar-refractivity contribution >= 4 is 62.7 Å². The van der Waals surface area contributed by atoms with E-state index in [1.54, 1.807) is 18.2 Å². The fraction of sp³-hybridized carbons (Fsp3) is 0.0370. The van der Waals surface area contributed by atoms with Gasteiger partial charge in [0.05, 0.1) is 15.5 Å². The molecule has 4 aromatic rings. The third-order valence-corrected chi connectivity index (χ3v) is 6.60. The molecule has 7 nitrogen and oxygen atoms in total. The van der Waals surface area contributed by atoms with E-state index >= 15 is 0 Å². The molecule has 0 spiro atoms. The van der Waals surface area contributed by atoms with Crippen LogP contribution >= 0.6 is 23.4 Å². The van der Waals surface area contributed by atoms with Crippen LogP contribution in [0.2, 0.25) is 5.02 Å². The fourth-order valence-corrected chi connectivity index (χ4v) is 4.65. The van der Waals surface area contributed by atoms with Gasteiger partial charge in [-0.3, -0.25) is 14.9 Å². The Balaban J connectivity index is 1.47. The Labute approximate surface area is 215 Å². The average molecular weight is 516 g/mol. The molecule has 1 amide bonds. The van der Waals surface area contributed by atoms with Crippen molar-refractivity contribution in [1.29, 1.82) is 0 Å². The van der Waals surface area contributed by atoms with Crippen molar-refractivity contribution in [1.82, 2.24) is 5.32 Å². The second-order valence-electron chi connectivity index (χ2n) is 7.87. The Kier molecular flexibility index (Phi) is 6.71. The predicted molar refractivity (Wildman–Crippen MR) is 144 cm³/mol. The van der Waals surface area contributed by atoms with E-state index in [1.165, 1.54) is 23.9 Å². The molecule has 0 aliphatic carbocycles. The average Bonchev–Trinajstić information content (AvgIpc) is 3.22. The predicted octanol–water partition coefficient (Wildman–Crippen LogP) is 6.87. The first-order valence-corrected chi connectivity index (χ1v) is 12.1. The van der Waals surface area contributed by atoms with Crippen LogP contribution in [-0.4, -0.2) is 16.0 Å². The Morgan fingerprint density at radius 2 is 1.83 bits per heavy atom. The Bertz CT molecular complexity index is 1550. The largest absolute Gasteiger partial charge is 0.488 e. The molecule has 1 heterocycles. The molecule has 9 heteroatoms. The maximum atomic E-state index is 12.8. The van der Waals surface area contributed by atoms with Crippen molar-refractivity contribution in [2.45, 2.75) is 6.61 Å². The summed E-state index contributed by atoms with van der Waals surface area (Å²) in [5, 5.41) is 16.7. The van der Waals surface area contributed by atoms with Crippen molar-refractivity contribution in [3.63, 3.8) is 0 Å². The smallest absolute Gasteiger partial charge is 0.271 e. The molecule has 1 fully saturated rings. The first-order chi connectivity index (χ1) is 17.5. The van der Waals surface area contributed by atoms with Gasteiger partial charge in [-0.25, -0.2) is 4.99 Å². The summed E-state index contributed by atoms with van der Waals surface area (Å²) in [6, 6.07) is 25.1. The fourth-order valence-electron chi connectivity index (χ4n) is 3.70. The zero-order valence-corrected chi connectivity index (χ0v) is 20.3. The second kappa shape index (κ2) is 10.2. The van der Waals surface area contributed by atoms with Gasteiger partial charge in [-0.1, -0.05) is 60.1 Å². The minimum Gasteiger partial charge on any atom is -0.488 e. The van der Waals surface area contributed by atoms with Gasteiger partial charge >= 0.3 is 0 Å². The summed E-state index contributed by atoms with van der Waals surface area (Å²) in [4.78, 5) is 28.1. The molecule has 0 radical (unpaired) electrons. The number of amidine groups is 1. The maximum Gasteiger partial charge on any atom is 0.271 e. The number of carbonyl (C=O) groups excluding carboxylic acids is 1. The summed E-state index contributed by atoms with van der Waals surface area (Å²) in [6.45, 7) is 0.338. The van der Waals surface area contributed by atoms with E-state index in [0.29, 0.717) is 33.1 Å². The number of ether oxygens (including phenoxy) is 1. The van der Waals surface area contributed by atoms with Crippen LogP contribution in [0, 0.1) is 10.1 Å². The van der Waals surface area contributed by atoms with Gasteiger partial charge in [0.1, 0.15) is 12.4 Å². The van der Waals surface area contributed by atoms with Crippen molar-refractivity contribution in [3.05, 3.63) is 116 Å². The number of fused-ring (bicyclic) bond motifs is 1. The van der Waals surface area contributed by atoms with Crippen LogP contribution in [0.15, 0.2) is 94.8 Å². The Morgan fingerprint density at radius 3 is 2.64 bits per heavy atom. The highest BCUT2D eigenvalue weighted by Gasteiger charge is 2.25. The van der Waals surface area contributed by atoms with E-state index in [1.807, 2.05) is 60.7 Å². The topological polar surface area (TPSA) is 93.8 Å². The number of nitrogens with one attached hydrogen (secondary N) is 1. The van der Waals surface area contributed by atoms with Crippen LogP contribution in [0.25, 0.3) is 16.8 Å². The van der Waals surface area contributed by atoms with Crippen molar-refractivity contribution in [3.8, 4) is 5.75 Å². The van der Waals surface area contributed by atoms with E-state index in [9.17, 15) is 14.9 Å². The number of non-ortho nitro benzene ring substituents is 1. The van der Waals surface area contributed by atoms with Crippen LogP contribution in [0.3, 0.4) is 0 Å². The molecule has 36 heavy (non-hydrogen) atoms. The number of thioether (sulfide) groups is 1. The second-order valence-corrected chi connectivity index (χ2v) is 9.34. The van der Waals surface area contributed by atoms with Crippen molar-refractivity contribution < 1.29 is 14.5 Å². The molecule has 1 aliphatic heterocycles. The summed E-state index contributed by atoms with van der Waals surface area (Å²) >= 11 is 7.15. The molecule has 0 saturated carbocycles. The number of hydrogen-bond donors (Lipinski definition) is 1. The maximum absolute atomic E-state index is 12.8. The number of hydrogen-bond acceptors (Lipinski definition) is 6. The number of nitro groups is 1. The van der Waals surface area contributed by atoms with Gasteiger partial charge in [0, 0.05) is 22.7 Å². The number of benzene rings is 4. The minimum atomic E-state index is -0.485. The lowest BCUT2D eigenvalue weighted by atomic mass is 10.0. The standard InChI is InChI=1S/C27H18ClN3O4S/c28-19-11-8-17(9-12-19)16-35-24-13-10-18-4-1-2-7-22(18)23(24)15-25-26(32)30-27(36-25)29-20-5-3-6-21(14-20)31(33)34/h1-15H,16H2,(H,29,30,32)/b25-15-. The van der Waals surface area contributed by atoms with Crippen molar-refractivity contribution in [2.75, 3.05) is 0 Å². The van der Waals surface area contributed by atoms with Crippen LogP contribution in [0.1, 0.15) is 11.1 Å². The van der Waals surface area contributed by atoms with Gasteiger partial charge in [0.15, 0.2) is 5.17 Å². The molecule has 0 aromatic heterocycles. The number of carbonyl (C=O) groups is 1. The quantitative estimate of drug-likeness (QED) is 0.172. The molecule has 178 valence electrons. The number of halogens is 1. The highest BCUT2D eigenvalue weighted by atomic mass is 35.5. The molecule has 0 unspecified atom stereocenters. The van der Waals surface area contributed by atoms with E-state index in [-0.39, 0.29) is 11.6 Å². The van der Waals surface area contributed by atoms with Crippen LogP contribution in [-0.2, 0) is 11.4 Å². The van der Waals surface area contributed by atoms with E-state index in [0.717, 1.165) is 21.9 Å². The SMILES string of the molecule is O=C1NC(=Nc2cccc([N+](=O)[O-])c2)S/C1=C\c1c(OCc2ccc(Cl)cc2)ccc2ccccc12.